The third-order valence-electron chi connectivity index (χ3n) is 1.43. The zero-order valence-electron chi connectivity index (χ0n) is 8.72. The van der Waals surface area contributed by atoms with Gasteiger partial charge in [0.05, 0.1) is 0 Å². The fourth-order valence-electron chi connectivity index (χ4n) is 0.663. The van der Waals surface area contributed by atoms with E-state index in [1.807, 2.05) is 0 Å². The summed E-state index contributed by atoms with van der Waals surface area (Å²) in [5, 5.41) is 0. The van der Waals surface area contributed by atoms with Gasteiger partial charge in [-0.15, -0.1) is 0 Å². The van der Waals surface area contributed by atoms with Crippen molar-refractivity contribution in [2.45, 2.75) is 27.7 Å². The van der Waals surface area contributed by atoms with Gasteiger partial charge in [0, 0.05) is 0 Å². The van der Waals surface area contributed by atoms with Crippen molar-refractivity contribution in [1.82, 2.24) is 0 Å². The Kier molecular flexibility index (Phi) is 8.29. The predicted molar refractivity (Wildman–Crippen MR) is 55.9 cm³/mol. The maximum atomic E-state index is 9.44. The summed E-state index contributed by atoms with van der Waals surface area (Å²) in [5.74, 6) is 0.167. The molecule has 0 saturated heterocycles. The van der Waals surface area contributed by atoms with Crippen molar-refractivity contribution in [3.05, 3.63) is 35.4 Å². The standard InChI is InChI=1S/C8H10.C3H6O.H2O/c1-7-5-3-4-6-8(7)2;1-3(2)4;/h3-6H,1-2H3;1-2H3;1H2. The van der Waals surface area contributed by atoms with Gasteiger partial charge in [-0.1, -0.05) is 24.3 Å². The molecule has 0 unspecified atom stereocenters. The largest absolute Gasteiger partial charge is 0.412 e. The lowest BCUT2D eigenvalue weighted by atomic mass is 10.1. The number of Topliss-reactive ketones (excluding diaryl/α,β-unsaturated/α-hetero) is 1. The number of carbonyl (C=O) groups is 1. The molecule has 1 aromatic carbocycles. The highest BCUT2D eigenvalue weighted by Crippen LogP contribution is 2.02. The van der Waals surface area contributed by atoms with Gasteiger partial charge < -0.3 is 10.3 Å². The van der Waals surface area contributed by atoms with Crippen LogP contribution in [0.5, 0.6) is 0 Å². The van der Waals surface area contributed by atoms with Crippen molar-refractivity contribution in [3.8, 4) is 0 Å². The van der Waals surface area contributed by atoms with Crippen molar-refractivity contribution in [2.75, 3.05) is 0 Å². The number of rotatable bonds is 0. The van der Waals surface area contributed by atoms with Crippen molar-refractivity contribution >= 4 is 5.78 Å². The van der Waals surface area contributed by atoms with Crippen molar-refractivity contribution < 1.29 is 10.3 Å². The van der Waals surface area contributed by atoms with Gasteiger partial charge in [0.2, 0.25) is 0 Å². The molecule has 0 aromatic heterocycles. The molecule has 0 radical (unpaired) electrons. The minimum Gasteiger partial charge on any atom is -0.412 e. The normalized spacial score (nSPS) is 7.69. The summed E-state index contributed by atoms with van der Waals surface area (Å²) in [6, 6.07) is 8.36. The van der Waals surface area contributed by atoms with Crippen LogP contribution in [-0.4, -0.2) is 11.3 Å². The molecule has 2 nitrogen and oxygen atoms in total. The Morgan fingerprint density at radius 3 is 1.38 bits per heavy atom. The topological polar surface area (TPSA) is 48.6 Å². The molecule has 0 amide bonds. The van der Waals surface area contributed by atoms with Gasteiger partial charge in [-0.25, -0.2) is 0 Å². The lowest BCUT2D eigenvalue weighted by molar-refractivity contribution is -0.114. The van der Waals surface area contributed by atoms with E-state index < -0.39 is 0 Å². The fraction of sp³-hybridized carbons (Fsp3) is 0.364. The van der Waals surface area contributed by atoms with E-state index in [0.29, 0.717) is 0 Å². The number of hydrogen-bond donors (Lipinski definition) is 0. The Hall–Kier alpha value is -1.15. The minimum absolute atomic E-state index is 0. The highest BCUT2D eigenvalue weighted by molar-refractivity contribution is 5.72. The maximum absolute atomic E-state index is 9.44. The monoisotopic (exact) mass is 182 g/mol. The van der Waals surface area contributed by atoms with E-state index in [1.165, 1.54) is 25.0 Å². The van der Waals surface area contributed by atoms with Crippen LogP contribution < -0.4 is 0 Å². The predicted octanol–water partition coefficient (Wildman–Crippen LogP) is 2.07. The summed E-state index contributed by atoms with van der Waals surface area (Å²) in [5.41, 5.74) is 2.74. The fourth-order valence-corrected chi connectivity index (χ4v) is 0.663. The summed E-state index contributed by atoms with van der Waals surface area (Å²) in [4.78, 5) is 9.44. The number of ketones is 1. The Morgan fingerprint density at radius 1 is 1.00 bits per heavy atom. The van der Waals surface area contributed by atoms with Gasteiger partial charge in [-0.05, 0) is 38.8 Å². The van der Waals surface area contributed by atoms with Crippen molar-refractivity contribution in [3.63, 3.8) is 0 Å². The summed E-state index contributed by atoms with van der Waals surface area (Å²) >= 11 is 0. The number of benzene rings is 1. The second kappa shape index (κ2) is 7.50. The van der Waals surface area contributed by atoms with Gasteiger partial charge in [-0.3, -0.25) is 0 Å². The molecule has 1 aromatic rings. The molecule has 0 heterocycles. The maximum Gasteiger partial charge on any atom is 0.126 e. The van der Waals surface area contributed by atoms with Gasteiger partial charge in [0.25, 0.3) is 0 Å². The van der Waals surface area contributed by atoms with Gasteiger partial charge >= 0.3 is 0 Å². The molecule has 0 aliphatic carbocycles. The quantitative estimate of drug-likeness (QED) is 0.606. The lowest BCUT2D eigenvalue weighted by Gasteiger charge is -1.93. The Morgan fingerprint density at radius 2 is 1.23 bits per heavy atom. The third-order valence-corrected chi connectivity index (χ3v) is 1.43. The average molecular weight is 182 g/mol. The number of carbonyl (C=O) groups excluding carboxylic acids is 1. The van der Waals surface area contributed by atoms with Crippen LogP contribution in [-0.2, 0) is 4.79 Å². The molecule has 2 N–H and O–H groups in total. The summed E-state index contributed by atoms with van der Waals surface area (Å²) in [6.45, 7) is 7.30. The van der Waals surface area contributed by atoms with Crippen LogP contribution >= 0.6 is 0 Å². The summed E-state index contributed by atoms with van der Waals surface area (Å²) in [7, 11) is 0. The molecule has 0 fully saturated rings. The van der Waals surface area contributed by atoms with E-state index in [9.17, 15) is 4.79 Å². The smallest absolute Gasteiger partial charge is 0.126 e. The molecule has 2 heteroatoms. The van der Waals surface area contributed by atoms with E-state index in [0.717, 1.165) is 0 Å². The first-order valence-electron chi connectivity index (χ1n) is 4.03. The zero-order chi connectivity index (χ0) is 9.56. The third kappa shape index (κ3) is 8.76. The Labute approximate surface area is 79.9 Å². The zero-order valence-corrected chi connectivity index (χ0v) is 8.72. The molecule has 74 valence electrons. The van der Waals surface area contributed by atoms with Gasteiger partial charge in [0.1, 0.15) is 5.78 Å². The van der Waals surface area contributed by atoms with Crippen molar-refractivity contribution in [1.29, 1.82) is 0 Å². The van der Waals surface area contributed by atoms with Crippen LogP contribution in [0.15, 0.2) is 24.3 Å². The van der Waals surface area contributed by atoms with Crippen LogP contribution in [0.25, 0.3) is 0 Å². The molecule has 0 aliphatic rings. The second-order valence-electron chi connectivity index (χ2n) is 2.99. The molecule has 0 atom stereocenters. The van der Waals surface area contributed by atoms with Crippen LogP contribution in [0.2, 0.25) is 0 Å². The van der Waals surface area contributed by atoms with Crippen LogP contribution in [0.1, 0.15) is 25.0 Å². The van der Waals surface area contributed by atoms with E-state index in [1.54, 1.807) is 0 Å². The number of aryl methyl sites for hydroxylation is 2. The minimum atomic E-state index is 0. The van der Waals surface area contributed by atoms with Crippen molar-refractivity contribution in [2.24, 2.45) is 0 Å². The average Bonchev–Trinajstić information content (AvgIpc) is 1.94. The SMILES string of the molecule is CC(C)=O.Cc1ccccc1C.O. The summed E-state index contributed by atoms with van der Waals surface area (Å²) in [6.07, 6.45) is 0. The number of hydrogen-bond acceptors (Lipinski definition) is 1. The van der Waals surface area contributed by atoms with E-state index in [4.69, 9.17) is 0 Å². The van der Waals surface area contributed by atoms with Crippen LogP contribution in [0, 0.1) is 13.8 Å². The van der Waals surface area contributed by atoms with Gasteiger partial charge in [-0.2, -0.15) is 0 Å². The highest BCUT2D eigenvalue weighted by Gasteiger charge is 1.83. The molecule has 0 aliphatic heterocycles. The molecular formula is C11H18O2. The first kappa shape index (κ1) is 14.4. The molecular weight excluding hydrogens is 164 g/mol. The molecule has 1 rings (SSSR count). The van der Waals surface area contributed by atoms with E-state index in [2.05, 4.69) is 38.1 Å². The highest BCUT2D eigenvalue weighted by atomic mass is 16.1. The molecule has 0 spiro atoms. The van der Waals surface area contributed by atoms with Crippen LogP contribution in [0.4, 0.5) is 0 Å². The molecule has 13 heavy (non-hydrogen) atoms. The van der Waals surface area contributed by atoms with E-state index >= 15 is 0 Å². The molecule has 0 saturated carbocycles. The first-order valence-corrected chi connectivity index (χ1v) is 4.03. The van der Waals surface area contributed by atoms with Crippen LogP contribution in [0.3, 0.4) is 0 Å². The summed E-state index contributed by atoms with van der Waals surface area (Å²) < 4.78 is 0. The molecule has 0 bridgehead atoms. The van der Waals surface area contributed by atoms with E-state index in [-0.39, 0.29) is 11.3 Å². The second-order valence-corrected chi connectivity index (χ2v) is 2.99. The lowest BCUT2D eigenvalue weighted by Crippen LogP contribution is -1.74. The van der Waals surface area contributed by atoms with Gasteiger partial charge in [0.15, 0.2) is 0 Å². The Balaban J connectivity index is 0. The Bertz CT molecular complexity index is 229. The first-order chi connectivity index (χ1) is 5.54.